The molecule has 0 aliphatic heterocycles. The first-order valence-corrected chi connectivity index (χ1v) is 7.96. The number of non-ortho nitro benzene ring substituents is 1. The zero-order valence-electron chi connectivity index (χ0n) is 14.0. The van der Waals surface area contributed by atoms with E-state index < -0.39 is 16.7 Å². The fraction of sp³-hybridized carbons (Fsp3) is 0.0556. The van der Waals surface area contributed by atoms with Gasteiger partial charge in [-0.25, -0.2) is 4.98 Å². The van der Waals surface area contributed by atoms with Gasteiger partial charge in [0.1, 0.15) is 5.69 Å². The number of aromatic nitrogens is 2. The second-order valence-electron chi connectivity index (χ2n) is 5.56. The molecule has 0 unspecified atom stereocenters. The van der Waals surface area contributed by atoms with Crippen molar-refractivity contribution in [3.63, 3.8) is 0 Å². The Morgan fingerprint density at radius 1 is 1.07 bits per heavy atom. The molecule has 27 heavy (non-hydrogen) atoms. The number of hydrogen-bond donors (Lipinski definition) is 3. The molecule has 9 heteroatoms. The lowest BCUT2D eigenvalue weighted by atomic mass is 10.2. The normalized spacial score (nSPS) is 10.2. The van der Waals surface area contributed by atoms with Gasteiger partial charge in [-0.05, 0) is 11.6 Å². The number of nitrogens with zero attached hydrogens (tertiary/aromatic N) is 2. The van der Waals surface area contributed by atoms with Crippen LogP contribution in [0.1, 0.15) is 26.5 Å². The van der Waals surface area contributed by atoms with Gasteiger partial charge < -0.3 is 15.6 Å². The number of carbonyl (C=O) groups is 2. The van der Waals surface area contributed by atoms with Gasteiger partial charge >= 0.3 is 0 Å². The predicted molar refractivity (Wildman–Crippen MR) is 97.2 cm³/mol. The average Bonchev–Trinajstić information content (AvgIpc) is 3.17. The average molecular weight is 365 g/mol. The van der Waals surface area contributed by atoms with Crippen LogP contribution < -0.4 is 10.6 Å². The largest absolute Gasteiger partial charge is 0.347 e. The predicted octanol–water partition coefficient (Wildman–Crippen LogP) is 2.50. The monoisotopic (exact) mass is 365 g/mol. The molecule has 0 spiro atoms. The van der Waals surface area contributed by atoms with E-state index in [0.717, 1.165) is 5.56 Å². The van der Waals surface area contributed by atoms with Crippen molar-refractivity contribution in [3.05, 3.63) is 88.0 Å². The van der Waals surface area contributed by atoms with Crippen molar-refractivity contribution < 1.29 is 14.5 Å². The van der Waals surface area contributed by atoms with Crippen molar-refractivity contribution in [2.75, 3.05) is 5.32 Å². The van der Waals surface area contributed by atoms with Gasteiger partial charge in [-0.2, -0.15) is 0 Å². The summed E-state index contributed by atoms with van der Waals surface area (Å²) in [6.07, 6.45) is 1.24. The van der Waals surface area contributed by atoms with E-state index >= 15 is 0 Å². The number of nitro groups is 1. The number of imidazole rings is 1. The van der Waals surface area contributed by atoms with E-state index in [4.69, 9.17) is 0 Å². The molecule has 0 aliphatic rings. The van der Waals surface area contributed by atoms with Crippen LogP contribution in [-0.2, 0) is 6.54 Å². The van der Waals surface area contributed by atoms with Crippen LogP contribution in [0.3, 0.4) is 0 Å². The second kappa shape index (κ2) is 7.91. The maximum Gasteiger partial charge on any atom is 0.276 e. The first kappa shape index (κ1) is 17.8. The summed E-state index contributed by atoms with van der Waals surface area (Å²) in [6, 6.07) is 14.8. The Labute approximate surface area is 153 Å². The molecule has 3 rings (SSSR count). The highest BCUT2D eigenvalue weighted by atomic mass is 16.6. The van der Waals surface area contributed by atoms with Crippen molar-refractivity contribution in [3.8, 4) is 0 Å². The summed E-state index contributed by atoms with van der Waals surface area (Å²) in [5.74, 6) is -1.14. The van der Waals surface area contributed by atoms with Crippen molar-refractivity contribution in [1.29, 1.82) is 0 Å². The van der Waals surface area contributed by atoms with Crippen molar-refractivity contribution >= 4 is 23.2 Å². The lowest BCUT2D eigenvalue weighted by Gasteiger charge is -2.07. The van der Waals surface area contributed by atoms with E-state index in [2.05, 4.69) is 20.6 Å². The molecule has 0 bridgehead atoms. The SMILES string of the molecule is O=C(Nc1cccc([N+](=O)[O-])c1)c1nc[nH]c1C(=O)NCc1ccccc1. The van der Waals surface area contributed by atoms with Crippen LogP contribution in [0.15, 0.2) is 60.9 Å². The summed E-state index contributed by atoms with van der Waals surface area (Å²) >= 11 is 0. The summed E-state index contributed by atoms with van der Waals surface area (Å²) in [5.41, 5.74) is 0.886. The maximum absolute atomic E-state index is 12.4. The summed E-state index contributed by atoms with van der Waals surface area (Å²) < 4.78 is 0. The fourth-order valence-electron chi connectivity index (χ4n) is 2.39. The molecule has 1 heterocycles. The number of aromatic amines is 1. The van der Waals surface area contributed by atoms with Gasteiger partial charge in [-0.1, -0.05) is 36.4 Å². The number of amides is 2. The minimum absolute atomic E-state index is 0.00821. The van der Waals surface area contributed by atoms with Crippen LogP contribution in [-0.4, -0.2) is 26.7 Å². The van der Waals surface area contributed by atoms with Crippen molar-refractivity contribution in [2.45, 2.75) is 6.54 Å². The summed E-state index contributed by atoms with van der Waals surface area (Å²) in [4.78, 5) is 41.6. The lowest BCUT2D eigenvalue weighted by molar-refractivity contribution is -0.384. The Morgan fingerprint density at radius 2 is 1.85 bits per heavy atom. The molecule has 2 amide bonds. The number of nitrogens with one attached hydrogen (secondary N) is 3. The first-order chi connectivity index (χ1) is 13.0. The maximum atomic E-state index is 12.4. The molecule has 0 aliphatic carbocycles. The molecular weight excluding hydrogens is 350 g/mol. The number of hydrogen-bond acceptors (Lipinski definition) is 5. The van der Waals surface area contributed by atoms with Crippen LogP contribution in [0, 0.1) is 10.1 Å². The molecule has 0 radical (unpaired) electrons. The van der Waals surface area contributed by atoms with Crippen LogP contribution in [0.25, 0.3) is 0 Å². The third-order valence-electron chi connectivity index (χ3n) is 3.69. The smallest absolute Gasteiger partial charge is 0.276 e. The third-order valence-corrected chi connectivity index (χ3v) is 3.69. The van der Waals surface area contributed by atoms with Crippen LogP contribution in [0.5, 0.6) is 0 Å². The van der Waals surface area contributed by atoms with E-state index in [-0.39, 0.29) is 22.8 Å². The minimum Gasteiger partial charge on any atom is -0.347 e. The van der Waals surface area contributed by atoms with E-state index in [9.17, 15) is 19.7 Å². The van der Waals surface area contributed by atoms with Crippen LogP contribution in [0.4, 0.5) is 11.4 Å². The first-order valence-electron chi connectivity index (χ1n) is 7.96. The number of H-pyrrole nitrogens is 1. The summed E-state index contributed by atoms with van der Waals surface area (Å²) in [5, 5.41) is 16.0. The zero-order valence-corrected chi connectivity index (χ0v) is 14.0. The summed E-state index contributed by atoms with van der Waals surface area (Å²) in [6.45, 7) is 0.296. The minimum atomic E-state index is -0.651. The van der Waals surface area contributed by atoms with Gasteiger partial charge in [-0.15, -0.1) is 0 Å². The number of anilines is 1. The fourth-order valence-corrected chi connectivity index (χ4v) is 2.39. The molecule has 136 valence electrons. The van der Waals surface area contributed by atoms with E-state index in [0.29, 0.717) is 6.54 Å². The van der Waals surface area contributed by atoms with Crippen LogP contribution in [0.2, 0.25) is 0 Å². The second-order valence-corrected chi connectivity index (χ2v) is 5.56. The highest BCUT2D eigenvalue weighted by molar-refractivity contribution is 6.10. The standard InChI is InChI=1S/C18H15N5O4/c24-17(19-10-12-5-2-1-3-6-12)15-16(21-11-20-15)18(25)22-13-7-4-8-14(9-13)23(26)27/h1-9,11H,10H2,(H,19,24)(H,20,21)(H,22,25). The Kier molecular flexibility index (Phi) is 5.22. The molecule has 1 aromatic heterocycles. The van der Waals surface area contributed by atoms with E-state index in [1.807, 2.05) is 30.3 Å². The number of carbonyl (C=O) groups excluding carboxylic acids is 2. The molecule has 0 atom stereocenters. The van der Waals surface area contributed by atoms with Gasteiger partial charge in [0.05, 0.1) is 11.3 Å². The highest BCUT2D eigenvalue weighted by Crippen LogP contribution is 2.18. The van der Waals surface area contributed by atoms with Gasteiger partial charge in [0.2, 0.25) is 0 Å². The molecule has 3 aromatic rings. The third kappa shape index (κ3) is 4.34. The van der Waals surface area contributed by atoms with Crippen molar-refractivity contribution in [1.82, 2.24) is 15.3 Å². The van der Waals surface area contributed by atoms with Crippen LogP contribution >= 0.6 is 0 Å². The lowest BCUT2D eigenvalue weighted by Crippen LogP contribution is -2.26. The van der Waals surface area contributed by atoms with E-state index in [1.165, 1.54) is 30.6 Å². The Hall–Kier alpha value is -4.01. The topological polar surface area (TPSA) is 130 Å². The number of nitro benzene ring substituents is 1. The highest BCUT2D eigenvalue weighted by Gasteiger charge is 2.20. The molecular formula is C18H15N5O4. The van der Waals surface area contributed by atoms with E-state index in [1.54, 1.807) is 0 Å². The Balaban J connectivity index is 1.70. The zero-order chi connectivity index (χ0) is 19.2. The Morgan fingerprint density at radius 3 is 2.59 bits per heavy atom. The van der Waals surface area contributed by atoms with Gasteiger partial charge in [0.25, 0.3) is 17.5 Å². The van der Waals surface area contributed by atoms with Gasteiger partial charge in [0, 0.05) is 24.4 Å². The molecule has 0 saturated carbocycles. The van der Waals surface area contributed by atoms with Gasteiger partial charge in [-0.3, -0.25) is 19.7 Å². The summed E-state index contributed by atoms with van der Waals surface area (Å²) in [7, 11) is 0. The number of rotatable bonds is 6. The molecule has 2 aromatic carbocycles. The molecule has 3 N–H and O–H groups in total. The van der Waals surface area contributed by atoms with Gasteiger partial charge in [0.15, 0.2) is 5.69 Å². The number of benzene rings is 2. The Bertz CT molecular complexity index is 984. The molecule has 0 fully saturated rings. The quantitative estimate of drug-likeness (QED) is 0.456. The van der Waals surface area contributed by atoms with Crippen molar-refractivity contribution in [2.24, 2.45) is 0 Å². The molecule has 9 nitrogen and oxygen atoms in total. The molecule has 0 saturated heterocycles.